The summed E-state index contributed by atoms with van der Waals surface area (Å²) >= 11 is 0. The highest BCUT2D eigenvalue weighted by Crippen LogP contribution is 2.44. The van der Waals surface area contributed by atoms with Crippen LogP contribution in [0.3, 0.4) is 0 Å². The first-order valence-electron chi connectivity index (χ1n) is 8.79. The molecule has 0 radical (unpaired) electrons. The molecule has 2 aromatic carbocycles. The van der Waals surface area contributed by atoms with E-state index in [1.54, 1.807) is 43.3 Å². The summed E-state index contributed by atoms with van der Waals surface area (Å²) in [5, 5.41) is 19.6. The lowest BCUT2D eigenvalue weighted by Gasteiger charge is -2.52. The molecule has 0 aliphatic carbocycles. The van der Waals surface area contributed by atoms with E-state index in [1.807, 2.05) is 18.2 Å². The molecule has 0 bridgehead atoms. The fraction of sp³-hybridized carbons (Fsp3) is 0.333. The Bertz CT molecular complexity index is 878. The number of likely N-dealkylation sites (N-methyl/N-ethyl adjacent to an activating group) is 1. The summed E-state index contributed by atoms with van der Waals surface area (Å²) in [6, 6.07) is 14.8. The highest BCUT2D eigenvalue weighted by molar-refractivity contribution is 5.81. The molecule has 3 atom stereocenters. The van der Waals surface area contributed by atoms with Crippen molar-refractivity contribution in [1.82, 2.24) is 9.80 Å². The zero-order valence-corrected chi connectivity index (χ0v) is 15.3. The minimum absolute atomic E-state index is 0.163. The van der Waals surface area contributed by atoms with Crippen LogP contribution in [0.2, 0.25) is 0 Å². The third-order valence-electron chi connectivity index (χ3n) is 4.95. The molecule has 3 rings (SSSR count). The second-order valence-corrected chi connectivity index (χ2v) is 6.96. The van der Waals surface area contributed by atoms with Crippen LogP contribution < -0.4 is 0 Å². The lowest BCUT2D eigenvalue weighted by molar-refractivity contribution is -0.147. The van der Waals surface area contributed by atoms with Gasteiger partial charge in [-0.15, -0.1) is 0 Å². The van der Waals surface area contributed by atoms with Gasteiger partial charge < -0.3 is 14.9 Å². The van der Waals surface area contributed by atoms with Gasteiger partial charge in [-0.05, 0) is 31.3 Å². The van der Waals surface area contributed by atoms with E-state index in [2.05, 4.69) is 6.07 Å². The maximum atomic E-state index is 14.4. The highest BCUT2D eigenvalue weighted by Gasteiger charge is 2.52. The summed E-state index contributed by atoms with van der Waals surface area (Å²) in [7, 11) is 3.55. The quantitative estimate of drug-likeness (QED) is 0.880. The fourth-order valence-corrected chi connectivity index (χ4v) is 3.79. The van der Waals surface area contributed by atoms with Crippen LogP contribution in [0.15, 0.2) is 48.5 Å². The minimum Gasteiger partial charge on any atom is -0.394 e. The van der Waals surface area contributed by atoms with E-state index in [0.717, 1.165) is 5.56 Å². The van der Waals surface area contributed by atoms with Crippen LogP contribution >= 0.6 is 0 Å². The lowest BCUT2D eigenvalue weighted by Crippen LogP contribution is -2.66. The molecule has 5 nitrogen and oxygen atoms in total. The molecule has 1 amide bonds. The summed E-state index contributed by atoms with van der Waals surface area (Å²) in [5.74, 6) is -0.925. The van der Waals surface area contributed by atoms with Crippen molar-refractivity contribution >= 4 is 5.91 Å². The number of hydrogen-bond donors (Lipinski definition) is 1. The smallest absolute Gasteiger partial charge is 0.238 e. The molecule has 1 aliphatic heterocycles. The zero-order valence-electron chi connectivity index (χ0n) is 15.3. The Balaban J connectivity index is 2.01. The van der Waals surface area contributed by atoms with E-state index in [9.17, 15) is 19.6 Å². The van der Waals surface area contributed by atoms with Crippen LogP contribution in [0, 0.1) is 17.1 Å². The Labute approximate surface area is 158 Å². The number of likely N-dealkylation sites (tertiary alicyclic amines) is 1. The maximum Gasteiger partial charge on any atom is 0.238 e. The Hall–Kier alpha value is -2.75. The number of carbonyl (C=O) groups excluding carboxylic acids is 1. The van der Waals surface area contributed by atoms with Gasteiger partial charge in [0.2, 0.25) is 5.91 Å². The third kappa shape index (κ3) is 3.44. The number of halogens is 1. The summed E-state index contributed by atoms with van der Waals surface area (Å²) < 4.78 is 14.4. The molecule has 1 N–H and O–H groups in total. The Morgan fingerprint density at radius 2 is 1.81 bits per heavy atom. The number of carbonyl (C=O) groups is 1. The van der Waals surface area contributed by atoms with Crippen molar-refractivity contribution in [1.29, 1.82) is 5.26 Å². The van der Waals surface area contributed by atoms with Gasteiger partial charge >= 0.3 is 0 Å². The number of rotatable bonds is 5. The third-order valence-corrected chi connectivity index (χ3v) is 4.95. The molecule has 6 heteroatoms. The van der Waals surface area contributed by atoms with Crippen molar-refractivity contribution in [3.05, 3.63) is 59.9 Å². The van der Waals surface area contributed by atoms with Crippen LogP contribution in [0.25, 0.3) is 11.1 Å². The van der Waals surface area contributed by atoms with Crippen molar-refractivity contribution in [2.45, 2.75) is 18.0 Å². The van der Waals surface area contributed by atoms with Crippen molar-refractivity contribution in [2.75, 3.05) is 27.2 Å². The molecule has 0 aromatic heterocycles. The number of nitrogens with zero attached hydrogens (tertiary/aromatic N) is 3. The largest absolute Gasteiger partial charge is 0.394 e. The minimum atomic E-state index is -0.692. The second-order valence-electron chi connectivity index (χ2n) is 6.96. The van der Waals surface area contributed by atoms with Crippen LogP contribution in [0.1, 0.15) is 11.5 Å². The second kappa shape index (κ2) is 7.87. The number of amides is 1. The van der Waals surface area contributed by atoms with E-state index in [4.69, 9.17) is 0 Å². The standard InChI is InChI=1S/C21H22FN3O2/c1-24(2)12-20(27)25-18(11-23)21(19(25)13-26)16-9-4-3-7-14(16)15-8-5-6-10-17(15)22/h3-10,18-19,21,26H,12-13H2,1-2H3/t18-,19+,21-/m0/s1. The first-order chi connectivity index (χ1) is 13.0. The maximum absolute atomic E-state index is 14.4. The molecule has 2 aromatic rings. The molecular weight excluding hydrogens is 345 g/mol. The molecule has 1 saturated heterocycles. The summed E-state index contributed by atoms with van der Waals surface area (Å²) in [4.78, 5) is 15.7. The predicted octanol–water partition coefficient (Wildman–Crippen LogP) is 2.23. The van der Waals surface area contributed by atoms with Gasteiger partial charge in [0.25, 0.3) is 0 Å². The van der Waals surface area contributed by atoms with Crippen molar-refractivity contribution in [2.24, 2.45) is 0 Å². The summed E-state index contributed by atoms with van der Waals surface area (Å²) in [6.07, 6.45) is 0. The molecule has 27 heavy (non-hydrogen) atoms. The highest BCUT2D eigenvalue weighted by atomic mass is 19.1. The van der Waals surface area contributed by atoms with E-state index >= 15 is 0 Å². The van der Waals surface area contributed by atoms with E-state index in [1.165, 1.54) is 11.0 Å². The predicted molar refractivity (Wildman–Crippen MR) is 100 cm³/mol. The fourth-order valence-electron chi connectivity index (χ4n) is 3.79. The molecule has 1 aliphatic rings. The molecule has 1 fully saturated rings. The SMILES string of the molecule is CN(C)CC(=O)N1[C@H](CO)[C@@H](c2ccccc2-c2ccccc2F)[C@@H]1C#N. The van der Waals surface area contributed by atoms with Crippen molar-refractivity contribution in [3.8, 4) is 17.2 Å². The van der Waals surface area contributed by atoms with Gasteiger partial charge in [0.1, 0.15) is 11.9 Å². The van der Waals surface area contributed by atoms with Crippen molar-refractivity contribution < 1.29 is 14.3 Å². The van der Waals surface area contributed by atoms with Gasteiger partial charge in [-0.2, -0.15) is 5.26 Å². The van der Waals surface area contributed by atoms with Gasteiger partial charge in [0.05, 0.1) is 25.3 Å². The van der Waals surface area contributed by atoms with Crippen LogP contribution in [-0.4, -0.2) is 60.1 Å². The molecule has 140 valence electrons. The first kappa shape index (κ1) is 19.0. The number of aliphatic hydroxyl groups excluding tert-OH is 1. The van der Waals surface area contributed by atoms with E-state index in [0.29, 0.717) is 11.1 Å². The molecular formula is C21H22FN3O2. The van der Waals surface area contributed by atoms with E-state index in [-0.39, 0.29) is 30.8 Å². The van der Waals surface area contributed by atoms with Gasteiger partial charge in [-0.25, -0.2) is 4.39 Å². The molecule has 1 heterocycles. The summed E-state index contributed by atoms with van der Waals surface area (Å²) in [6.45, 7) is -0.0933. The molecule has 0 spiro atoms. The normalized spacial score (nSPS) is 21.6. The number of hydrogen-bond acceptors (Lipinski definition) is 4. The van der Waals surface area contributed by atoms with E-state index < -0.39 is 12.1 Å². The first-order valence-corrected chi connectivity index (χ1v) is 8.79. The molecule has 0 unspecified atom stereocenters. The number of aliphatic hydroxyl groups is 1. The van der Waals surface area contributed by atoms with Gasteiger partial charge in [0, 0.05) is 11.5 Å². The van der Waals surface area contributed by atoms with Crippen LogP contribution in [0.4, 0.5) is 4.39 Å². The Morgan fingerprint density at radius 3 is 2.41 bits per heavy atom. The monoisotopic (exact) mass is 367 g/mol. The zero-order chi connectivity index (χ0) is 19.6. The number of nitriles is 1. The Morgan fingerprint density at radius 1 is 1.19 bits per heavy atom. The lowest BCUT2D eigenvalue weighted by atomic mass is 9.73. The Kier molecular flexibility index (Phi) is 5.54. The van der Waals surface area contributed by atoms with Gasteiger partial charge in [-0.3, -0.25) is 4.79 Å². The summed E-state index contributed by atoms with van der Waals surface area (Å²) in [5.41, 5.74) is 1.89. The van der Waals surface area contributed by atoms with Crippen LogP contribution in [-0.2, 0) is 4.79 Å². The van der Waals surface area contributed by atoms with Gasteiger partial charge in [0.15, 0.2) is 0 Å². The molecule has 0 saturated carbocycles. The number of benzene rings is 2. The van der Waals surface area contributed by atoms with Gasteiger partial charge in [-0.1, -0.05) is 42.5 Å². The topological polar surface area (TPSA) is 67.6 Å². The average Bonchev–Trinajstić information content (AvgIpc) is 2.62. The average molecular weight is 367 g/mol. The van der Waals surface area contributed by atoms with Crippen molar-refractivity contribution in [3.63, 3.8) is 0 Å². The van der Waals surface area contributed by atoms with Crippen LogP contribution in [0.5, 0.6) is 0 Å².